The molecule has 21 heavy (non-hydrogen) atoms. The Morgan fingerprint density at radius 1 is 1.10 bits per heavy atom. The minimum absolute atomic E-state index is 0.794. The van der Waals surface area contributed by atoms with E-state index in [-0.39, 0.29) is 0 Å². The Bertz CT molecular complexity index is 552. The second-order valence-corrected chi connectivity index (χ2v) is 5.00. The van der Waals surface area contributed by atoms with E-state index in [1.165, 1.54) is 0 Å². The standard InChI is InChI=1S/C16H24N4O/c1-4-7-14-19-15(17-5-2)12(3)16(20-14)18-10-9-13-8-6-11-21-13/h6,8,11H,4-5,7,9-10H2,1-3H3,(H2,17,18,19,20). The van der Waals surface area contributed by atoms with Crippen LogP contribution in [-0.2, 0) is 12.8 Å². The Morgan fingerprint density at radius 3 is 2.48 bits per heavy atom. The first-order valence-corrected chi connectivity index (χ1v) is 7.62. The Labute approximate surface area is 126 Å². The first-order valence-electron chi connectivity index (χ1n) is 7.62. The van der Waals surface area contributed by atoms with Crippen molar-refractivity contribution >= 4 is 11.6 Å². The summed E-state index contributed by atoms with van der Waals surface area (Å²) in [6.07, 6.45) is 4.48. The second kappa shape index (κ2) is 7.67. The zero-order valence-corrected chi connectivity index (χ0v) is 13.1. The summed E-state index contributed by atoms with van der Waals surface area (Å²) >= 11 is 0. The Morgan fingerprint density at radius 2 is 1.86 bits per heavy atom. The molecule has 2 aromatic heterocycles. The van der Waals surface area contributed by atoms with E-state index >= 15 is 0 Å². The topological polar surface area (TPSA) is 63.0 Å². The number of rotatable bonds is 8. The fourth-order valence-corrected chi connectivity index (χ4v) is 2.17. The van der Waals surface area contributed by atoms with Gasteiger partial charge in [0.15, 0.2) is 0 Å². The lowest BCUT2D eigenvalue weighted by Crippen LogP contribution is -2.13. The number of nitrogens with zero attached hydrogens (tertiary/aromatic N) is 2. The monoisotopic (exact) mass is 288 g/mol. The van der Waals surface area contributed by atoms with Crippen LogP contribution in [0.1, 0.15) is 37.4 Å². The Hall–Kier alpha value is -2.04. The van der Waals surface area contributed by atoms with Crippen LogP contribution in [0.3, 0.4) is 0 Å². The average Bonchev–Trinajstić information content (AvgIpc) is 2.97. The highest BCUT2D eigenvalue weighted by Crippen LogP contribution is 2.20. The summed E-state index contributed by atoms with van der Waals surface area (Å²) in [5.74, 6) is 3.71. The maximum Gasteiger partial charge on any atom is 0.134 e. The van der Waals surface area contributed by atoms with Gasteiger partial charge in [0, 0.05) is 31.5 Å². The summed E-state index contributed by atoms with van der Waals surface area (Å²) in [6, 6.07) is 3.90. The molecular formula is C16H24N4O. The number of furan rings is 1. The molecule has 2 rings (SSSR count). The number of aromatic nitrogens is 2. The van der Waals surface area contributed by atoms with E-state index in [0.717, 1.165) is 61.1 Å². The third-order valence-electron chi connectivity index (χ3n) is 3.25. The third-order valence-corrected chi connectivity index (χ3v) is 3.25. The fraction of sp³-hybridized carbons (Fsp3) is 0.500. The second-order valence-electron chi connectivity index (χ2n) is 5.00. The summed E-state index contributed by atoms with van der Waals surface area (Å²) in [7, 11) is 0. The van der Waals surface area contributed by atoms with Crippen molar-refractivity contribution in [2.45, 2.75) is 40.0 Å². The van der Waals surface area contributed by atoms with Gasteiger partial charge in [-0.2, -0.15) is 0 Å². The molecule has 0 fully saturated rings. The van der Waals surface area contributed by atoms with Crippen molar-refractivity contribution in [1.82, 2.24) is 9.97 Å². The van der Waals surface area contributed by atoms with Gasteiger partial charge in [0.05, 0.1) is 6.26 Å². The molecule has 2 heterocycles. The number of nitrogens with one attached hydrogen (secondary N) is 2. The third kappa shape index (κ3) is 4.21. The van der Waals surface area contributed by atoms with Crippen molar-refractivity contribution in [2.24, 2.45) is 0 Å². The predicted molar refractivity (Wildman–Crippen MR) is 85.8 cm³/mol. The molecular weight excluding hydrogens is 264 g/mol. The minimum atomic E-state index is 0.794. The van der Waals surface area contributed by atoms with Crippen LogP contribution in [0.5, 0.6) is 0 Å². The number of hydrogen-bond donors (Lipinski definition) is 2. The predicted octanol–water partition coefficient (Wildman–Crippen LogP) is 3.42. The molecule has 0 spiro atoms. The van der Waals surface area contributed by atoms with Crippen LogP contribution in [0.25, 0.3) is 0 Å². The van der Waals surface area contributed by atoms with Gasteiger partial charge < -0.3 is 15.1 Å². The maximum atomic E-state index is 5.34. The van der Waals surface area contributed by atoms with Crippen LogP contribution in [0.2, 0.25) is 0 Å². The highest BCUT2D eigenvalue weighted by molar-refractivity contribution is 5.57. The smallest absolute Gasteiger partial charge is 0.134 e. The van der Waals surface area contributed by atoms with Gasteiger partial charge in [-0.05, 0) is 32.4 Å². The molecule has 5 nitrogen and oxygen atoms in total. The quantitative estimate of drug-likeness (QED) is 0.779. The summed E-state index contributed by atoms with van der Waals surface area (Å²) < 4.78 is 5.34. The first kappa shape index (κ1) is 15.4. The lowest BCUT2D eigenvalue weighted by Gasteiger charge is -2.14. The van der Waals surface area contributed by atoms with Gasteiger partial charge in [-0.1, -0.05) is 6.92 Å². The van der Waals surface area contributed by atoms with Crippen LogP contribution in [-0.4, -0.2) is 23.1 Å². The highest BCUT2D eigenvalue weighted by Gasteiger charge is 2.10. The largest absolute Gasteiger partial charge is 0.469 e. The van der Waals surface area contributed by atoms with E-state index in [1.54, 1.807) is 6.26 Å². The minimum Gasteiger partial charge on any atom is -0.469 e. The molecule has 0 aliphatic heterocycles. The molecule has 0 amide bonds. The van der Waals surface area contributed by atoms with E-state index in [2.05, 4.69) is 34.4 Å². The van der Waals surface area contributed by atoms with Gasteiger partial charge in [0.25, 0.3) is 0 Å². The van der Waals surface area contributed by atoms with Crippen molar-refractivity contribution in [3.63, 3.8) is 0 Å². The van der Waals surface area contributed by atoms with Gasteiger partial charge in [-0.15, -0.1) is 0 Å². The van der Waals surface area contributed by atoms with Crippen molar-refractivity contribution < 1.29 is 4.42 Å². The normalized spacial score (nSPS) is 10.6. The van der Waals surface area contributed by atoms with Crippen molar-refractivity contribution in [3.05, 3.63) is 35.5 Å². The van der Waals surface area contributed by atoms with Crippen LogP contribution in [0.4, 0.5) is 11.6 Å². The first-order chi connectivity index (χ1) is 10.2. The summed E-state index contributed by atoms with van der Waals surface area (Å²) in [6.45, 7) is 7.91. The van der Waals surface area contributed by atoms with Crippen molar-refractivity contribution in [3.8, 4) is 0 Å². The van der Waals surface area contributed by atoms with Crippen LogP contribution < -0.4 is 10.6 Å². The summed E-state index contributed by atoms with van der Waals surface area (Å²) in [5.41, 5.74) is 1.07. The van der Waals surface area contributed by atoms with Crippen LogP contribution in [0, 0.1) is 6.92 Å². The molecule has 0 aromatic carbocycles. The van der Waals surface area contributed by atoms with Crippen LogP contribution >= 0.6 is 0 Å². The van der Waals surface area contributed by atoms with E-state index in [4.69, 9.17) is 4.42 Å². The highest BCUT2D eigenvalue weighted by atomic mass is 16.3. The molecule has 0 radical (unpaired) electrons. The van der Waals surface area contributed by atoms with Crippen LogP contribution in [0.15, 0.2) is 22.8 Å². The zero-order valence-electron chi connectivity index (χ0n) is 13.1. The van der Waals surface area contributed by atoms with Gasteiger partial charge >= 0.3 is 0 Å². The molecule has 0 aliphatic rings. The van der Waals surface area contributed by atoms with E-state index in [1.807, 2.05) is 19.1 Å². The van der Waals surface area contributed by atoms with E-state index < -0.39 is 0 Å². The molecule has 2 aromatic rings. The Balaban J connectivity index is 2.08. The molecule has 0 aliphatic carbocycles. The molecule has 0 bridgehead atoms. The van der Waals surface area contributed by atoms with Gasteiger partial charge in [0.2, 0.25) is 0 Å². The number of anilines is 2. The number of aryl methyl sites for hydroxylation is 1. The van der Waals surface area contributed by atoms with Gasteiger partial charge in [-0.25, -0.2) is 9.97 Å². The molecule has 0 atom stereocenters. The molecule has 114 valence electrons. The summed E-state index contributed by atoms with van der Waals surface area (Å²) in [4.78, 5) is 9.22. The van der Waals surface area contributed by atoms with Gasteiger partial charge in [-0.3, -0.25) is 0 Å². The molecule has 0 saturated carbocycles. The van der Waals surface area contributed by atoms with E-state index in [0.29, 0.717) is 0 Å². The average molecular weight is 288 g/mol. The summed E-state index contributed by atoms with van der Waals surface area (Å²) in [5, 5.41) is 6.71. The molecule has 2 N–H and O–H groups in total. The Kier molecular flexibility index (Phi) is 5.60. The fourth-order valence-electron chi connectivity index (χ4n) is 2.17. The zero-order chi connectivity index (χ0) is 15.1. The number of hydrogen-bond acceptors (Lipinski definition) is 5. The molecule has 0 unspecified atom stereocenters. The SMILES string of the molecule is CCCc1nc(NCC)c(C)c(NCCc2ccco2)n1. The molecule has 0 saturated heterocycles. The van der Waals surface area contributed by atoms with E-state index in [9.17, 15) is 0 Å². The molecule has 5 heteroatoms. The van der Waals surface area contributed by atoms with Crippen molar-refractivity contribution in [1.29, 1.82) is 0 Å². The maximum absolute atomic E-state index is 5.34. The lowest BCUT2D eigenvalue weighted by molar-refractivity contribution is 0.513. The lowest BCUT2D eigenvalue weighted by atomic mass is 10.2. The van der Waals surface area contributed by atoms with Crippen molar-refractivity contribution in [2.75, 3.05) is 23.7 Å². The van der Waals surface area contributed by atoms with Gasteiger partial charge in [0.1, 0.15) is 23.2 Å².